The molecular formula is C36H46O14. The molecule has 0 amide bonds. The van der Waals surface area contributed by atoms with Crippen LogP contribution in [0.3, 0.4) is 0 Å². The molecule has 14 heteroatoms. The Kier molecular flexibility index (Phi) is 9.40. The van der Waals surface area contributed by atoms with Crippen LogP contribution in [0.5, 0.6) is 0 Å². The van der Waals surface area contributed by atoms with E-state index in [9.17, 15) is 29.1 Å². The molecule has 274 valence electrons. The van der Waals surface area contributed by atoms with Gasteiger partial charge >= 0.3 is 29.8 Å². The fraction of sp³-hybridized carbons (Fsp3) is 0.667. The lowest BCUT2D eigenvalue weighted by atomic mass is 9.49. The summed E-state index contributed by atoms with van der Waals surface area (Å²) < 4.78 is 41.4. The van der Waals surface area contributed by atoms with Crippen LogP contribution in [0.1, 0.15) is 80.1 Å². The van der Waals surface area contributed by atoms with Crippen molar-refractivity contribution >= 4 is 35.6 Å². The first kappa shape index (κ1) is 37.2. The van der Waals surface area contributed by atoms with Crippen molar-refractivity contribution in [2.24, 2.45) is 34.0 Å². The molecule has 50 heavy (non-hydrogen) atoms. The van der Waals surface area contributed by atoms with E-state index in [1.54, 1.807) is 33.8 Å². The van der Waals surface area contributed by atoms with Gasteiger partial charge in [-0.1, -0.05) is 34.3 Å². The van der Waals surface area contributed by atoms with Crippen LogP contribution in [0.25, 0.3) is 0 Å². The Labute approximate surface area is 290 Å². The molecule has 1 spiro atoms. The molecule has 2 saturated carbocycles. The molecule has 12 unspecified atom stereocenters. The molecule has 2 bridgehead atoms. The van der Waals surface area contributed by atoms with E-state index in [1.165, 1.54) is 40.2 Å². The van der Waals surface area contributed by atoms with Crippen LogP contribution in [0.15, 0.2) is 35.0 Å². The Hall–Kier alpha value is -4.04. The van der Waals surface area contributed by atoms with Gasteiger partial charge in [0.2, 0.25) is 6.10 Å². The van der Waals surface area contributed by atoms with Gasteiger partial charge in [-0.05, 0) is 43.9 Å². The van der Waals surface area contributed by atoms with Crippen LogP contribution < -0.4 is 0 Å². The van der Waals surface area contributed by atoms with Gasteiger partial charge in [-0.2, -0.15) is 0 Å². The van der Waals surface area contributed by atoms with E-state index >= 15 is 4.79 Å². The van der Waals surface area contributed by atoms with E-state index in [0.29, 0.717) is 6.42 Å². The lowest BCUT2D eigenvalue weighted by molar-refractivity contribution is -0.318. The van der Waals surface area contributed by atoms with Crippen molar-refractivity contribution in [1.29, 1.82) is 0 Å². The minimum Gasteiger partial charge on any atom is -0.469 e. The molecule has 4 aliphatic rings. The van der Waals surface area contributed by atoms with Crippen molar-refractivity contribution < 1.29 is 66.7 Å². The average molecular weight is 703 g/mol. The maximum Gasteiger partial charge on any atom is 0.351 e. The number of aliphatic hydroxyl groups excluding tert-OH is 1. The minimum absolute atomic E-state index is 0.0850. The molecule has 2 saturated heterocycles. The van der Waals surface area contributed by atoms with Crippen molar-refractivity contribution in [3.8, 4) is 0 Å². The summed E-state index contributed by atoms with van der Waals surface area (Å²) in [5, 5.41) is 12.4. The molecule has 1 aromatic rings. The third kappa shape index (κ3) is 5.03. The van der Waals surface area contributed by atoms with Crippen LogP contribution >= 0.6 is 0 Å². The first-order valence-electron chi connectivity index (χ1n) is 16.7. The van der Waals surface area contributed by atoms with E-state index in [2.05, 4.69) is 6.58 Å². The number of Topliss-reactive ketones (excluding diaryl/α,β-unsaturated/α-hetero) is 1. The number of ether oxygens (including phenoxy) is 6. The monoisotopic (exact) mass is 702 g/mol. The highest BCUT2D eigenvalue weighted by Crippen LogP contribution is 2.71. The number of hydrogen-bond donors (Lipinski definition) is 1. The number of esters is 5. The Morgan fingerprint density at radius 1 is 1.04 bits per heavy atom. The third-order valence-corrected chi connectivity index (χ3v) is 11.9. The van der Waals surface area contributed by atoms with Gasteiger partial charge in [-0.25, -0.2) is 4.79 Å². The van der Waals surface area contributed by atoms with Gasteiger partial charge in [0.1, 0.15) is 23.6 Å². The van der Waals surface area contributed by atoms with Gasteiger partial charge in [0.15, 0.2) is 18.0 Å². The molecule has 2 aliphatic heterocycles. The van der Waals surface area contributed by atoms with E-state index in [-0.39, 0.29) is 17.8 Å². The second-order valence-electron chi connectivity index (χ2n) is 14.9. The molecule has 14 nitrogen and oxygen atoms in total. The number of methoxy groups -OCH3 is 1. The largest absolute Gasteiger partial charge is 0.469 e. The maximum atomic E-state index is 15.4. The van der Waals surface area contributed by atoms with Crippen LogP contribution in [0.4, 0.5) is 0 Å². The van der Waals surface area contributed by atoms with Gasteiger partial charge in [0.25, 0.3) is 0 Å². The zero-order chi connectivity index (χ0) is 37.3. The van der Waals surface area contributed by atoms with Crippen LogP contribution in [-0.2, 0) is 57.2 Å². The van der Waals surface area contributed by atoms with E-state index in [1.807, 2.05) is 0 Å². The first-order chi connectivity index (χ1) is 23.3. The number of ketones is 1. The molecule has 12 atom stereocenters. The molecule has 0 aromatic carbocycles. The summed E-state index contributed by atoms with van der Waals surface area (Å²) in [4.78, 5) is 81.5. The van der Waals surface area contributed by atoms with Crippen LogP contribution in [0.2, 0.25) is 0 Å². The number of aliphatic hydroxyl groups is 1. The fourth-order valence-corrected chi connectivity index (χ4v) is 9.05. The van der Waals surface area contributed by atoms with Crippen LogP contribution in [0, 0.1) is 34.0 Å². The lowest BCUT2D eigenvalue weighted by Gasteiger charge is -2.62. The number of carbonyl (C=O) groups excluding carboxylic acids is 6. The Balaban J connectivity index is 1.87. The normalized spacial score (nSPS) is 39.2. The predicted octanol–water partition coefficient (Wildman–Crippen LogP) is 3.18. The second-order valence-corrected chi connectivity index (χ2v) is 14.9. The predicted molar refractivity (Wildman–Crippen MR) is 169 cm³/mol. The Morgan fingerprint density at radius 3 is 2.22 bits per heavy atom. The van der Waals surface area contributed by atoms with Gasteiger partial charge in [0.05, 0.1) is 48.6 Å². The van der Waals surface area contributed by atoms with Crippen molar-refractivity contribution in [3.63, 3.8) is 0 Å². The fourth-order valence-electron chi connectivity index (χ4n) is 9.05. The number of cyclic esters (lactones) is 1. The van der Waals surface area contributed by atoms with E-state index in [4.69, 9.17) is 32.8 Å². The molecule has 0 radical (unpaired) electrons. The van der Waals surface area contributed by atoms with Gasteiger partial charge < -0.3 is 37.9 Å². The van der Waals surface area contributed by atoms with Crippen LogP contribution in [-0.4, -0.2) is 84.0 Å². The van der Waals surface area contributed by atoms with Crippen molar-refractivity contribution in [2.75, 3.05) is 7.11 Å². The van der Waals surface area contributed by atoms with Crippen molar-refractivity contribution in [2.45, 2.75) is 110 Å². The summed E-state index contributed by atoms with van der Waals surface area (Å²) >= 11 is 0. The molecule has 4 fully saturated rings. The zero-order valence-corrected chi connectivity index (χ0v) is 29.8. The molecule has 2 aliphatic carbocycles. The maximum absolute atomic E-state index is 15.4. The summed E-state index contributed by atoms with van der Waals surface area (Å²) in [6.07, 6.45) is -8.02. The molecule has 1 N–H and O–H groups in total. The van der Waals surface area contributed by atoms with E-state index in [0.717, 1.165) is 6.92 Å². The standard InChI is InChI=1S/C36H46O14/c1-11-16(2)31(42)48-24-28(46-18(4)37)33(6,7)21(15-22(39)44-10)34(8)25(40)23-17(3)36(50-29(24)34)30(47-19(5)38)32(43)49-27(20-13-12-14-45-20)35(36,9)26(23)41/h12-14,16,21,23-24,26-30,41H,3,11,15H2,1-2,4-10H3. The van der Waals surface area contributed by atoms with E-state index < -0.39 is 112 Å². The van der Waals surface area contributed by atoms with Crippen molar-refractivity contribution in [1.82, 2.24) is 0 Å². The van der Waals surface area contributed by atoms with Gasteiger partial charge in [-0.3, -0.25) is 24.0 Å². The first-order valence-corrected chi connectivity index (χ1v) is 16.7. The average Bonchev–Trinajstić information content (AvgIpc) is 3.62. The molecule has 3 heterocycles. The number of rotatable bonds is 8. The number of fused-ring (bicyclic) bond motifs is 2. The zero-order valence-electron chi connectivity index (χ0n) is 29.8. The summed E-state index contributed by atoms with van der Waals surface area (Å²) in [5.41, 5.74) is -7.20. The highest BCUT2D eigenvalue weighted by atomic mass is 16.6. The molecular weight excluding hydrogens is 656 g/mol. The number of carbonyl (C=O) groups is 6. The third-order valence-electron chi connectivity index (χ3n) is 11.9. The second kappa shape index (κ2) is 12.6. The summed E-state index contributed by atoms with van der Waals surface area (Å²) in [6.45, 7) is 16.3. The molecule has 1 aromatic heterocycles. The Bertz CT molecular complexity index is 1590. The Morgan fingerprint density at radius 2 is 1.68 bits per heavy atom. The van der Waals surface area contributed by atoms with Gasteiger partial charge in [0, 0.05) is 19.3 Å². The summed E-state index contributed by atoms with van der Waals surface area (Å²) in [6, 6.07) is 3.06. The highest BCUT2D eigenvalue weighted by Gasteiger charge is 2.83. The smallest absolute Gasteiger partial charge is 0.351 e. The summed E-state index contributed by atoms with van der Waals surface area (Å²) in [5.74, 6) is -7.78. The topological polar surface area (TPSA) is 191 Å². The summed E-state index contributed by atoms with van der Waals surface area (Å²) in [7, 11) is 1.19. The minimum atomic E-state index is -2.22. The highest BCUT2D eigenvalue weighted by molar-refractivity contribution is 5.95. The molecule has 5 rings (SSSR count). The van der Waals surface area contributed by atoms with Gasteiger partial charge in [-0.15, -0.1) is 0 Å². The van der Waals surface area contributed by atoms with Crippen molar-refractivity contribution in [3.05, 3.63) is 36.3 Å². The number of furan rings is 1. The SMILES string of the molecule is C=C1C2C(=O)C3(C)C(OC14C(OC(C)=O)C(=O)OC(c1ccco1)C4(C)C2O)C(OC(=O)C(C)CC)C(OC(C)=O)C(C)(C)C3CC(=O)OC. The number of hydrogen-bond acceptors (Lipinski definition) is 14. The quantitative estimate of drug-likeness (QED) is 0.236. The lowest BCUT2D eigenvalue weighted by Crippen LogP contribution is -2.75.